The first-order chi connectivity index (χ1) is 9.60. The summed E-state index contributed by atoms with van der Waals surface area (Å²) in [4.78, 5) is 16.2. The highest BCUT2D eigenvalue weighted by atomic mass is 35.5. The lowest BCUT2D eigenvalue weighted by Gasteiger charge is -1.99. The minimum atomic E-state index is -0.189. The molecule has 0 fully saturated rings. The summed E-state index contributed by atoms with van der Waals surface area (Å²) in [5.41, 5.74) is 5.90. The molecule has 2 aromatic heterocycles. The molecule has 0 atom stereocenters. The molecule has 6 nitrogen and oxygen atoms in total. The average Bonchev–Trinajstić information content (AvgIpc) is 3.05. The first kappa shape index (κ1) is 18.0. The van der Waals surface area contributed by atoms with Gasteiger partial charge in [-0.2, -0.15) is 0 Å². The Kier molecular flexibility index (Phi) is 7.16. The van der Waals surface area contributed by atoms with Gasteiger partial charge in [-0.1, -0.05) is 25.2 Å². The predicted octanol–water partition coefficient (Wildman–Crippen LogP) is 1.97. The van der Waals surface area contributed by atoms with Crippen molar-refractivity contribution in [3.63, 3.8) is 0 Å². The zero-order valence-corrected chi connectivity index (χ0v) is 14.3. The molecule has 0 aliphatic rings. The number of nitrogens with zero attached hydrogens (tertiary/aromatic N) is 3. The number of rotatable bonds is 6. The van der Waals surface area contributed by atoms with Crippen LogP contribution in [-0.2, 0) is 13.0 Å². The third-order valence-electron chi connectivity index (χ3n) is 2.52. The third-order valence-corrected chi connectivity index (χ3v) is 4.65. The van der Waals surface area contributed by atoms with Crippen LogP contribution < -0.4 is 11.1 Å². The Balaban J connectivity index is 0.00000220. The van der Waals surface area contributed by atoms with E-state index in [9.17, 15) is 4.79 Å². The molecule has 0 saturated carbocycles. The van der Waals surface area contributed by atoms with Crippen molar-refractivity contribution in [3.05, 3.63) is 26.1 Å². The second kappa shape index (κ2) is 8.38. The van der Waals surface area contributed by atoms with Gasteiger partial charge in [0, 0.05) is 17.7 Å². The summed E-state index contributed by atoms with van der Waals surface area (Å²) < 4.78 is 0. The number of hydrogen-bond donors (Lipinski definition) is 2. The summed E-state index contributed by atoms with van der Waals surface area (Å²) >= 11 is 2.98. The second-order valence-corrected chi connectivity index (χ2v) is 6.57. The first-order valence-electron chi connectivity index (χ1n) is 6.35. The fraction of sp³-hybridized carbons (Fsp3) is 0.500. The van der Waals surface area contributed by atoms with Gasteiger partial charge in [-0.25, -0.2) is 4.98 Å². The van der Waals surface area contributed by atoms with Gasteiger partial charge < -0.3 is 11.1 Å². The summed E-state index contributed by atoms with van der Waals surface area (Å²) in [6, 6.07) is 0. The van der Waals surface area contributed by atoms with E-state index in [1.54, 1.807) is 5.38 Å². The summed E-state index contributed by atoms with van der Waals surface area (Å²) in [7, 11) is 0. The largest absolute Gasteiger partial charge is 0.344 e. The summed E-state index contributed by atoms with van der Waals surface area (Å²) in [5.74, 6) is 0.167. The number of hydrogen-bond acceptors (Lipinski definition) is 7. The van der Waals surface area contributed by atoms with Gasteiger partial charge in [-0.3, -0.25) is 4.79 Å². The highest BCUT2D eigenvalue weighted by Gasteiger charge is 2.12. The van der Waals surface area contributed by atoms with Crippen molar-refractivity contribution in [1.82, 2.24) is 20.5 Å². The SMILES string of the molecule is CC(C)c1nnc(CNC(=O)c2csc(CCN)n2)s1.Cl. The number of aromatic nitrogens is 3. The molecule has 0 spiro atoms. The molecular weight excluding hydrogens is 330 g/mol. The van der Waals surface area contributed by atoms with E-state index in [2.05, 4.69) is 34.3 Å². The van der Waals surface area contributed by atoms with Gasteiger partial charge in [0.05, 0.1) is 11.6 Å². The molecule has 2 rings (SSSR count). The van der Waals surface area contributed by atoms with Gasteiger partial charge >= 0.3 is 0 Å². The fourth-order valence-electron chi connectivity index (χ4n) is 1.47. The minimum Gasteiger partial charge on any atom is -0.344 e. The number of carbonyl (C=O) groups excluding carboxylic acids is 1. The van der Waals surface area contributed by atoms with Crippen LogP contribution in [-0.4, -0.2) is 27.6 Å². The Bertz CT molecular complexity index is 584. The van der Waals surface area contributed by atoms with E-state index in [1.165, 1.54) is 22.7 Å². The van der Waals surface area contributed by atoms with E-state index in [0.717, 1.165) is 15.0 Å². The quantitative estimate of drug-likeness (QED) is 0.833. The molecule has 0 unspecified atom stereocenters. The van der Waals surface area contributed by atoms with Crippen molar-refractivity contribution in [2.75, 3.05) is 6.54 Å². The van der Waals surface area contributed by atoms with Crippen LogP contribution in [0.15, 0.2) is 5.38 Å². The van der Waals surface area contributed by atoms with Crippen LogP contribution in [0.4, 0.5) is 0 Å². The molecular formula is C12H18ClN5OS2. The topological polar surface area (TPSA) is 93.8 Å². The molecule has 3 N–H and O–H groups in total. The highest BCUT2D eigenvalue weighted by Crippen LogP contribution is 2.18. The summed E-state index contributed by atoms with van der Waals surface area (Å²) in [6.07, 6.45) is 0.700. The van der Waals surface area contributed by atoms with Crippen LogP contribution in [0, 0.1) is 0 Å². The Morgan fingerprint density at radius 2 is 2.14 bits per heavy atom. The molecule has 21 heavy (non-hydrogen) atoms. The third kappa shape index (κ3) is 4.99. The maximum absolute atomic E-state index is 11.9. The molecule has 0 aromatic carbocycles. The fourth-order valence-corrected chi connectivity index (χ4v) is 3.05. The van der Waals surface area contributed by atoms with Gasteiger partial charge in [0.25, 0.3) is 5.91 Å². The standard InChI is InChI=1S/C12H17N5OS2.ClH/c1-7(2)12-17-16-10(20-12)5-14-11(18)8-6-19-9(15-8)3-4-13;/h6-7H,3-5,13H2,1-2H3,(H,14,18);1H. The van der Waals surface area contributed by atoms with Crippen LogP contribution in [0.2, 0.25) is 0 Å². The zero-order valence-electron chi connectivity index (χ0n) is 11.8. The predicted molar refractivity (Wildman–Crippen MR) is 87.3 cm³/mol. The molecule has 0 saturated heterocycles. The van der Waals surface area contributed by atoms with E-state index in [-0.39, 0.29) is 18.3 Å². The van der Waals surface area contributed by atoms with Crippen molar-refractivity contribution in [2.24, 2.45) is 5.73 Å². The van der Waals surface area contributed by atoms with Crippen LogP contribution in [0.1, 0.15) is 45.3 Å². The van der Waals surface area contributed by atoms with Gasteiger partial charge in [-0.15, -0.1) is 33.9 Å². The van der Waals surface area contributed by atoms with Crippen LogP contribution in [0.3, 0.4) is 0 Å². The Hall–Kier alpha value is -1.09. The first-order valence-corrected chi connectivity index (χ1v) is 8.04. The van der Waals surface area contributed by atoms with Gasteiger partial charge in [0.2, 0.25) is 0 Å². The second-order valence-electron chi connectivity index (χ2n) is 4.54. The van der Waals surface area contributed by atoms with E-state index >= 15 is 0 Å². The van der Waals surface area contributed by atoms with E-state index < -0.39 is 0 Å². The maximum Gasteiger partial charge on any atom is 0.271 e. The van der Waals surface area contributed by atoms with Crippen molar-refractivity contribution < 1.29 is 4.79 Å². The Labute approximate surface area is 137 Å². The number of nitrogens with two attached hydrogens (primary N) is 1. The van der Waals surface area contributed by atoms with Gasteiger partial charge in [0.1, 0.15) is 15.7 Å². The van der Waals surface area contributed by atoms with Crippen molar-refractivity contribution in [1.29, 1.82) is 0 Å². The molecule has 2 heterocycles. The van der Waals surface area contributed by atoms with Crippen molar-refractivity contribution in [2.45, 2.75) is 32.7 Å². The molecule has 0 aliphatic heterocycles. The van der Waals surface area contributed by atoms with Crippen LogP contribution >= 0.6 is 35.1 Å². The molecule has 2 aromatic rings. The molecule has 0 aliphatic carbocycles. The number of carbonyl (C=O) groups is 1. The number of thiazole rings is 1. The maximum atomic E-state index is 11.9. The summed E-state index contributed by atoms with van der Waals surface area (Å²) in [5, 5.41) is 15.4. The molecule has 9 heteroatoms. The van der Waals surface area contributed by atoms with Gasteiger partial charge in [-0.05, 0) is 6.54 Å². The number of halogens is 1. The lowest BCUT2D eigenvalue weighted by Crippen LogP contribution is -2.23. The van der Waals surface area contributed by atoms with Crippen LogP contribution in [0.5, 0.6) is 0 Å². The molecule has 0 radical (unpaired) electrons. The molecule has 1 amide bonds. The van der Waals surface area contributed by atoms with E-state index in [0.29, 0.717) is 31.1 Å². The monoisotopic (exact) mass is 347 g/mol. The Morgan fingerprint density at radius 3 is 2.76 bits per heavy atom. The summed E-state index contributed by atoms with van der Waals surface area (Å²) in [6.45, 7) is 5.05. The Morgan fingerprint density at radius 1 is 1.38 bits per heavy atom. The van der Waals surface area contributed by atoms with E-state index in [4.69, 9.17) is 5.73 Å². The zero-order chi connectivity index (χ0) is 14.5. The number of amides is 1. The van der Waals surface area contributed by atoms with Gasteiger partial charge in [0.15, 0.2) is 0 Å². The lowest BCUT2D eigenvalue weighted by molar-refractivity contribution is 0.0946. The normalized spacial score (nSPS) is 10.5. The number of nitrogens with one attached hydrogen (secondary N) is 1. The van der Waals surface area contributed by atoms with Crippen molar-refractivity contribution in [3.8, 4) is 0 Å². The van der Waals surface area contributed by atoms with Crippen molar-refractivity contribution >= 4 is 41.0 Å². The smallest absolute Gasteiger partial charge is 0.271 e. The highest BCUT2D eigenvalue weighted by molar-refractivity contribution is 7.11. The lowest BCUT2D eigenvalue weighted by atomic mass is 10.2. The van der Waals surface area contributed by atoms with E-state index in [1.807, 2.05) is 0 Å². The van der Waals surface area contributed by atoms with Crippen LogP contribution in [0.25, 0.3) is 0 Å². The minimum absolute atomic E-state index is 0. The average molecular weight is 348 g/mol. The molecule has 116 valence electrons. The molecule has 0 bridgehead atoms.